The van der Waals surface area contributed by atoms with E-state index in [9.17, 15) is 24.3 Å². The van der Waals surface area contributed by atoms with Crippen molar-refractivity contribution in [2.24, 2.45) is 22.2 Å². The van der Waals surface area contributed by atoms with Crippen LogP contribution in [0.3, 0.4) is 0 Å². The first-order valence-electron chi connectivity index (χ1n) is 14.4. The Labute approximate surface area is 244 Å². The number of nitrogens with zero attached hydrogens (tertiary/aromatic N) is 1. The number of para-hydroxylation sites is 1. The second kappa shape index (κ2) is 16.3. The highest BCUT2D eigenvalue weighted by atomic mass is 16.4. The lowest BCUT2D eigenvalue weighted by molar-refractivity contribution is -0.142. The highest BCUT2D eigenvalue weighted by molar-refractivity contribution is 5.95. The van der Waals surface area contributed by atoms with Crippen LogP contribution in [0.25, 0.3) is 10.9 Å². The minimum absolute atomic E-state index is 0.0922. The summed E-state index contributed by atoms with van der Waals surface area (Å²) in [6.45, 7) is 1.33. The van der Waals surface area contributed by atoms with Crippen molar-refractivity contribution in [3.05, 3.63) is 36.0 Å². The van der Waals surface area contributed by atoms with Gasteiger partial charge in [0, 0.05) is 30.1 Å². The lowest BCUT2D eigenvalue weighted by Gasteiger charge is -2.25. The molecule has 12 N–H and O–H groups in total. The second-order valence-electron chi connectivity index (χ2n) is 10.5. The first-order valence-corrected chi connectivity index (χ1v) is 14.4. The summed E-state index contributed by atoms with van der Waals surface area (Å²) in [7, 11) is 0. The average Bonchev–Trinajstić information content (AvgIpc) is 3.64. The molecule has 1 aliphatic rings. The van der Waals surface area contributed by atoms with Gasteiger partial charge in [0.2, 0.25) is 17.7 Å². The van der Waals surface area contributed by atoms with Crippen LogP contribution in [0.15, 0.2) is 35.5 Å². The van der Waals surface area contributed by atoms with E-state index in [-0.39, 0.29) is 37.7 Å². The third kappa shape index (κ3) is 9.73. The van der Waals surface area contributed by atoms with E-state index in [0.29, 0.717) is 32.2 Å². The van der Waals surface area contributed by atoms with Gasteiger partial charge >= 0.3 is 5.97 Å². The van der Waals surface area contributed by atoms with Gasteiger partial charge in [-0.1, -0.05) is 18.2 Å². The number of carbonyl (C=O) groups is 4. The number of unbranched alkanes of at least 4 members (excludes halogenated alkanes) is 1. The van der Waals surface area contributed by atoms with Crippen LogP contribution in [0.4, 0.5) is 0 Å². The zero-order valence-electron chi connectivity index (χ0n) is 23.7. The van der Waals surface area contributed by atoms with E-state index in [0.717, 1.165) is 29.4 Å². The van der Waals surface area contributed by atoms with Crippen LogP contribution < -0.4 is 38.5 Å². The first kappa shape index (κ1) is 32.3. The number of hydrogen-bond acceptors (Lipinski definition) is 7. The first-order chi connectivity index (χ1) is 20.2. The number of hydrogen-bond donors (Lipinski definition) is 9. The number of aromatic amines is 1. The van der Waals surface area contributed by atoms with Crippen LogP contribution in [-0.4, -0.2) is 83.5 Å². The third-order valence-electron chi connectivity index (χ3n) is 7.25. The second-order valence-corrected chi connectivity index (χ2v) is 10.5. The van der Waals surface area contributed by atoms with E-state index in [1.165, 1.54) is 0 Å². The number of nitrogens with two attached hydrogens (primary N) is 3. The molecule has 4 unspecified atom stereocenters. The Morgan fingerprint density at radius 2 is 1.69 bits per heavy atom. The maximum atomic E-state index is 13.7. The lowest BCUT2D eigenvalue weighted by Crippen LogP contribution is -2.57. The summed E-state index contributed by atoms with van der Waals surface area (Å²) in [5.41, 5.74) is 18.0. The van der Waals surface area contributed by atoms with Crippen molar-refractivity contribution >= 4 is 40.6 Å². The Morgan fingerprint density at radius 3 is 2.38 bits per heavy atom. The Bertz CT molecular complexity index is 1240. The van der Waals surface area contributed by atoms with Gasteiger partial charge in [-0.3, -0.25) is 19.4 Å². The average molecular weight is 586 g/mol. The molecule has 1 aliphatic heterocycles. The Morgan fingerprint density at radius 1 is 0.976 bits per heavy atom. The monoisotopic (exact) mass is 585 g/mol. The third-order valence-corrected chi connectivity index (χ3v) is 7.25. The van der Waals surface area contributed by atoms with Crippen molar-refractivity contribution in [3.63, 3.8) is 0 Å². The number of aliphatic carboxylic acids is 1. The molecule has 14 nitrogen and oxygen atoms in total. The molecule has 0 saturated carbocycles. The van der Waals surface area contributed by atoms with Crippen molar-refractivity contribution in [2.75, 3.05) is 19.6 Å². The molecule has 1 aromatic carbocycles. The number of H-pyrrole nitrogens is 1. The zero-order valence-corrected chi connectivity index (χ0v) is 23.7. The van der Waals surface area contributed by atoms with Gasteiger partial charge in [0.05, 0.1) is 6.04 Å². The Hall–Kier alpha value is -4.17. The number of nitrogens with one attached hydrogen (secondary N) is 5. The largest absolute Gasteiger partial charge is 0.480 e. The number of aliphatic imine (C=N–C) groups is 1. The minimum atomic E-state index is -1.21. The molecule has 42 heavy (non-hydrogen) atoms. The summed E-state index contributed by atoms with van der Waals surface area (Å²) >= 11 is 0. The predicted molar refractivity (Wildman–Crippen MR) is 159 cm³/mol. The number of benzene rings is 1. The summed E-state index contributed by atoms with van der Waals surface area (Å²) in [5, 5.41) is 21.9. The number of guanidine groups is 1. The standard InChI is InChI=1S/C28H43N9O5/c29-12-4-3-9-21(25(39)36-22(27(41)42)11-6-14-33-28(30)31)35-26(40)23(37-24(38)20-10-5-13-32-20)15-17-16-34-19-8-2-1-7-18(17)19/h1-2,7-8,16,20-23,32,34H,3-6,9-15,29H2,(H,35,40)(H,36,39)(H,37,38)(H,41,42)(H4,30,31,33). The van der Waals surface area contributed by atoms with Gasteiger partial charge in [-0.25, -0.2) is 4.79 Å². The van der Waals surface area contributed by atoms with Gasteiger partial charge in [0.25, 0.3) is 0 Å². The predicted octanol–water partition coefficient (Wildman–Crippen LogP) is -0.816. The van der Waals surface area contributed by atoms with E-state index in [1.807, 2.05) is 24.3 Å². The molecule has 3 rings (SSSR count). The number of aromatic nitrogens is 1. The van der Waals surface area contributed by atoms with Gasteiger partial charge in [0.15, 0.2) is 5.96 Å². The van der Waals surface area contributed by atoms with Crippen molar-refractivity contribution in [1.82, 2.24) is 26.3 Å². The molecule has 0 radical (unpaired) electrons. The van der Waals surface area contributed by atoms with E-state index in [2.05, 4.69) is 31.2 Å². The lowest BCUT2D eigenvalue weighted by atomic mass is 10.0. The molecule has 0 spiro atoms. The molecule has 1 fully saturated rings. The summed E-state index contributed by atoms with van der Waals surface area (Å²) in [4.78, 5) is 58.9. The topological polar surface area (TPSA) is 243 Å². The van der Waals surface area contributed by atoms with Crippen molar-refractivity contribution in [1.29, 1.82) is 0 Å². The summed E-state index contributed by atoms with van der Waals surface area (Å²) < 4.78 is 0. The van der Waals surface area contributed by atoms with Gasteiger partial charge in [-0.15, -0.1) is 0 Å². The normalized spacial score (nSPS) is 16.7. The molecule has 0 aliphatic carbocycles. The van der Waals surface area contributed by atoms with E-state index in [4.69, 9.17) is 17.2 Å². The maximum absolute atomic E-state index is 13.7. The van der Waals surface area contributed by atoms with Crippen LogP contribution >= 0.6 is 0 Å². The van der Waals surface area contributed by atoms with Gasteiger partial charge in [-0.2, -0.15) is 0 Å². The van der Waals surface area contributed by atoms with Gasteiger partial charge in [0.1, 0.15) is 18.1 Å². The smallest absolute Gasteiger partial charge is 0.326 e. The highest BCUT2D eigenvalue weighted by Crippen LogP contribution is 2.20. The minimum Gasteiger partial charge on any atom is -0.480 e. The fraction of sp³-hybridized carbons (Fsp3) is 0.536. The summed E-state index contributed by atoms with van der Waals surface area (Å²) in [6.07, 6.45) is 5.32. The van der Waals surface area contributed by atoms with Crippen molar-refractivity contribution in [3.8, 4) is 0 Å². The van der Waals surface area contributed by atoms with Crippen LogP contribution in [0.1, 0.15) is 50.5 Å². The SMILES string of the molecule is NCCCCC(NC(=O)C(Cc1c[nH]c2ccccc12)NC(=O)C1CCCN1)C(=O)NC(CCCN=C(N)N)C(=O)O. The molecule has 14 heteroatoms. The number of amides is 3. The van der Waals surface area contributed by atoms with Gasteiger partial charge in [-0.05, 0) is 69.7 Å². The number of rotatable bonds is 17. The van der Waals surface area contributed by atoms with Crippen molar-refractivity contribution in [2.45, 2.75) is 75.5 Å². The molecule has 4 atom stereocenters. The van der Waals surface area contributed by atoms with E-state index < -0.39 is 42.0 Å². The Kier molecular flexibility index (Phi) is 12.6. The van der Waals surface area contributed by atoms with Crippen LogP contribution in [0.5, 0.6) is 0 Å². The van der Waals surface area contributed by atoms with Crippen LogP contribution in [0, 0.1) is 0 Å². The molecular formula is C28H43N9O5. The van der Waals surface area contributed by atoms with E-state index in [1.54, 1.807) is 6.20 Å². The highest BCUT2D eigenvalue weighted by Gasteiger charge is 2.32. The number of carbonyl (C=O) groups excluding carboxylic acids is 3. The molecule has 2 aromatic rings. The van der Waals surface area contributed by atoms with Crippen molar-refractivity contribution < 1.29 is 24.3 Å². The fourth-order valence-electron chi connectivity index (χ4n) is 4.98. The number of carboxylic acid groups (broad SMARTS) is 1. The molecule has 1 aromatic heterocycles. The quantitative estimate of drug-likeness (QED) is 0.0639. The summed E-state index contributed by atoms with van der Waals surface area (Å²) in [6, 6.07) is 4.04. The number of carboxylic acids is 1. The maximum Gasteiger partial charge on any atom is 0.326 e. The summed E-state index contributed by atoms with van der Waals surface area (Å²) in [5.74, 6) is -2.79. The number of fused-ring (bicyclic) bond motifs is 1. The van der Waals surface area contributed by atoms with Crippen LogP contribution in [-0.2, 0) is 25.6 Å². The molecule has 3 amide bonds. The molecular weight excluding hydrogens is 542 g/mol. The fourth-order valence-corrected chi connectivity index (χ4v) is 4.98. The van der Waals surface area contributed by atoms with Gasteiger partial charge < -0.3 is 48.6 Å². The molecule has 0 bridgehead atoms. The van der Waals surface area contributed by atoms with E-state index >= 15 is 0 Å². The molecule has 2 heterocycles. The zero-order chi connectivity index (χ0) is 30.5. The molecule has 230 valence electrons. The Balaban J connectivity index is 1.76. The molecule has 1 saturated heterocycles. The van der Waals surface area contributed by atoms with Crippen LogP contribution in [0.2, 0.25) is 0 Å².